The summed E-state index contributed by atoms with van der Waals surface area (Å²) in [5.74, 6) is 0.718. The lowest BCUT2D eigenvalue weighted by Gasteiger charge is -2.06. The smallest absolute Gasteiger partial charge is 0.126 e. The van der Waals surface area contributed by atoms with Gasteiger partial charge in [-0.3, -0.25) is 0 Å². The van der Waals surface area contributed by atoms with Crippen LogP contribution in [0.25, 0.3) is 0 Å². The zero-order chi connectivity index (χ0) is 12.8. The second kappa shape index (κ2) is 6.86. The molecule has 0 aromatic heterocycles. The number of aryl methyl sites for hydroxylation is 1. The fraction of sp³-hybridized carbons (Fsp3) is 0.600. The molecule has 0 unspecified atom stereocenters. The molecular formula is C15H22FNO. The average Bonchev–Trinajstić information content (AvgIpc) is 3.16. The fourth-order valence-corrected chi connectivity index (χ4v) is 1.81. The summed E-state index contributed by atoms with van der Waals surface area (Å²) >= 11 is 0. The molecule has 100 valence electrons. The van der Waals surface area contributed by atoms with Crippen molar-refractivity contribution < 1.29 is 9.13 Å². The summed E-state index contributed by atoms with van der Waals surface area (Å²) in [7, 11) is 0. The molecule has 1 fully saturated rings. The minimum Gasteiger partial charge on any atom is -0.381 e. The Morgan fingerprint density at radius 3 is 2.94 bits per heavy atom. The predicted molar refractivity (Wildman–Crippen MR) is 71.0 cm³/mol. The molecule has 2 nitrogen and oxygen atoms in total. The first-order valence-corrected chi connectivity index (χ1v) is 6.79. The topological polar surface area (TPSA) is 21.3 Å². The number of hydrogen-bond donors (Lipinski definition) is 1. The second-order valence-electron chi connectivity index (χ2n) is 5.13. The van der Waals surface area contributed by atoms with Crippen LogP contribution < -0.4 is 5.32 Å². The van der Waals surface area contributed by atoms with E-state index in [1.54, 1.807) is 13.0 Å². The Hall–Kier alpha value is -0.930. The zero-order valence-corrected chi connectivity index (χ0v) is 11.0. The zero-order valence-electron chi connectivity index (χ0n) is 11.0. The van der Waals surface area contributed by atoms with Gasteiger partial charge in [0, 0.05) is 19.8 Å². The Morgan fingerprint density at radius 2 is 2.22 bits per heavy atom. The molecule has 1 aromatic carbocycles. The highest BCUT2D eigenvalue weighted by atomic mass is 19.1. The summed E-state index contributed by atoms with van der Waals surface area (Å²) in [5, 5.41) is 3.31. The van der Waals surface area contributed by atoms with E-state index in [0.717, 1.165) is 44.2 Å². The van der Waals surface area contributed by atoms with E-state index in [9.17, 15) is 4.39 Å². The van der Waals surface area contributed by atoms with Gasteiger partial charge in [0.2, 0.25) is 0 Å². The SMILES string of the molecule is Cc1ccc(CNCCCOCC2CC2)cc1F. The Morgan fingerprint density at radius 1 is 1.39 bits per heavy atom. The van der Waals surface area contributed by atoms with Crippen LogP contribution in [0.3, 0.4) is 0 Å². The summed E-state index contributed by atoms with van der Waals surface area (Å²) in [6.45, 7) is 5.18. The van der Waals surface area contributed by atoms with Gasteiger partial charge in [-0.1, -0.05) is 12.1 Å². The maximum Gasteiger partial charge on any atom is 0.126 e. The Balaban J connectivity index is 1.52. The van der Waals surface area contributed by atoms with Crippen molar-refractivity contribution in [3.05, 3.63) is 35.1 Å². The number of halogens is 1. The van der Waals surface area contributed by atoms with Crippen molar-refractivity contribution >= 4 is 0 Å². The Kier molecular flexibility index (Phi) is 5.14. The lowest BCUT2D eigenvalue weighted by molar-refractivity contribution is 0.122. The summed E-state index contributed by atoms with van der Waals surface area (Å²) in [5.41, 5.74) is 1.70. The monoisotopic (exact) mass is 251 g/mol. The predicted octanol–water partition coefficient (Wildman–Crippen LogP) is 3.04. The van der Waals surface area contributed by atoms with Crippen molar-refractivity contribution in [3.8, 4) is 0 Å². The summed E-state index contributed by atoms with van der Waals surface area (Å²) in [6, 6.07) is 5.39. The lowest BCUT2D eigenvalue weighted by Crippen LogP contribution is -2.16. The van der Waals surface area contributed by atoms with Gasteiger partial charge in [-0.05, 0) is 55.8 Å². The molecule has 0 heterocycles. The number of hydrogen-bond acceptors (Lipinski definition) is 2. The summed E-state index contributed by atoms with van der Waals surface area (Å²) < 4.78 is 18.8. The molecule has 0 aliphatic heterocycles. The molecule has 1 N–H and O–H groups in total. The maximum absolute atomic E-state index is 13.3. The first-order valence-electron chi connectivity index (χ1n) is 6.79. The van der Waals surface area contributed by atoms with E-state index in [0.29, 0.717) is 5.56 Å². The maximum atomic E-state index is 13.3. The first-order chi connectivity index (χ1) is 8.75. The van der Waals surface area contributed by atoms with Gasteiger partial charge in [0.1, 0.15) is 5.82 Å². The molecule has 1 aromatic rings. The standard InChI is InChI=1S/C15H22FNO/c1-12-3-4-14(9-15(12)16)10-17-7-2-8-18-11-13-5-6-13/h3-4,9,13,17H,2,5-8,10-11H2,1H3. The van der Waals surface area contributed by atoms with Crippen LogP contribution in [0.5, 0.6) is 0 Å². The molecule has 0 radical (unpaired) electrons. The van der Waals surface area contributed by atoms with Crippen LogP contribution in [-0.4, -0.2) is 19.8 Å². The van der Waals surface area contributed by atoms with Crippen molar-refractivity contribution in [1.82, 2.24) is 5.32 Å². The van der Waals surface area contributed by atoms with Crippen LogP contribution in [0.2, 0.25) is 0 Å². The molecule has 0 atom stereocenters. The molecule has 18 heavy (non-hydrogen) atoms. The van der Waals surface area contributed by atoms with Crippen LogP contribution in [0, 0.1) is 18.7 Å². The third-order valence-electron chi connectivity index (χ3n) is 3.26. The van der Waals surface area contributed by atoms with Gasteiger partial charge in [0.15, 0.2) is 0 Å². The molecule has 3 heteroatoms. The highest BCUT2D eigenvalue weighted by Gasteiger charge is 2.20. The molecule has 0 saturated heterocycles. The molecule has 1 saturated carbocycles. The molecule has 0 spiro atoms. The van der Waals surface area contributed by atoms with E-state index in [1.165, 1.54) is 12.8 Å². The van der Waals surface area contributed by atoms with Crippen LogP contribution >= 0.6 is 0 Å². The van der Waals surface area contributed by atoms with Crippen molar-refractivity contribution in [1.29, 1.82) is 0 Å². The van der Waals surface area contributed by atoms with Gasteiger partial charge < -0.3 is 10.1 Å². The quantitative estimate of drug-likeness (QED) is 0.717. The molecule has 1 aliphatic rings. The van der Waals surface area contributed by atoms with Crippen LogP contribution in [-0.2, 0) is 11.3 Å². The molecule has 1 aliphatic carbocycles. The van der Waals surface area contributed by atoms with Crippen molar-refractivity contribution in [2.24, 2.45) is 5.92 Å². The van der Waals surface area contributed by atoms with E-state index in [2.05, 4.69) is 5.32 Å². The second-order valence-corrected chi connectivity index (χ2v) is 5.13. The highest BCUT2D eigenvalue weighted by Crippen LogP contribution is 2.28. The summed E-state index contributed by atoms with van der Waals surface area (Å²) in [4.78, 5) is 0. The average molecular weight is 251 g/mol. The van der Waals surface area contributed by atoms with Gasteiger partial charge in [-0.2, -0.15) is 0 Å². The normalized spacial score (nSPS) is 15.0. The number of benzene rings is 1. The van der Waals surface area contributed by atoms with Gasteiger partial charge in [-0.15, -0.1) is 0 Å². The van der Waals surface area contributed by atoms with E-state index in [1.807, 2.05) is 12.1 Å². The molecule has 0 bridgehead atoms. The molecule has 0 amide bonds. The summed E-state index contributed by atoms with van der Waals surface area (Å²) in [6.07, 6.45) is 3.70. The van der Waals surface area contributed by atoms with Crippen molar-refractivity contribution in [2.45, 2.75) is 32.7 Å². The van der Waals surface area contributed by atoms with E-state index < -0.39 is 0 Å². The van der Waals surface area contributed by atoms with E-state index in [-0.39, 0.29) is 5.82 Å². The van der Waals surface area contributed by atoms with Crippen LogP contribution in [0.1, 0.15) is 30.4 Å². The first kappa shape index (κ1) is 13.5. The van der Waals surface area contributed by atoms with Gasteiger partial charge in [0.25, 0.3) is 0 Å². The van der Waals surface area contributed by atoms with Crippen LogP contribution in [0.15, 0.2) is 18.2 Å². The number of ether oxygens (including phenoxy) is 1. The largest absolute Gasteiger partial charge is 0.381 e. The van der Waals surface area contributed by atoms with Crippen molar-refractivity contribution in [3.63, 3.8) is 0 Å². The van der Waals surface area contributed by atoms with Gasteiger partial charge in [-0.25, -0.2) is 4.39 Å². The van der Waals surface area contributed by atoms with E-state index in [4.69, 9.17) is 4.74 Å². The number of nitrogens with one attached hydrogen (secondary N) is 1. The minimum absolute atomic E-state index is 0.123. The minimum atomic E-state index is -0.123. The highest BCUT2D eigenvalue weighted by molar-refractivity contribution is 5.23. The van der Waals surface area contributed by atoms with Crippen molar-refractivity contribution in [2.75, 3.05) is 19.8 Å². The third-order valence-corrected chi connectivity index (χ3v) is 3.26. The molecular weight excluding hydrogens is 229 g/mol. The van der Waals surface area contributed by atoms with Gasteiger partial charge >= 0.3 is 0 Å². The van der Waals surface area contributed by atoms with Gasteiger partial charge in [0.05, 0.1) is 0 Å². The fourth-order valence-electron chi connectivity index (χ4n) is 1.81. The Labute approximate surface area is 109 Å². The lowest BCUT2D eigenvalue weighted by atomic mass is 10.1. The van der Waals surface area contributed by atoms with E-state index >= 15 is 0 Å². The number of rotatable bonds is 8. The Bertz CT molecular complexity index is 377. The van der Waals surface area contributed by atoms with Crippen LogP contribution in [0.4, 0.5) is 4.39 Å². The molecule has 2 rings (SSSR count). The third kappa shape index (κ3) is 4.75.